The van der Waals surface area contributed by atoms with E-state index in [1.807, 2.05) is 0 Å². The number of hydrogen-bond acceptors (Lipinski definition) is 3. The van der Waals surface area contributed by atoms with Gasteiger partial charge in [-0.15, -0.1) is 0 Å². The zero-order chi connectivity index (χ0) is 19.9. The topological polar surface area (TPSA) is 44.3 Å². The second-order valence-electron chi connectivity index (χ2n) is 6.44. The highest BCUT2D eigenvalue weighted by Gasteiger charge is 2.72. The predicted octanol–water partition coefficient (Wildman–Crippen LogP) is 4.30. The highest BCUT2D eigenvalue weighted by molar-refractivity contribution is 5.56. The molecule has 0 aromatic heterocycles. The lowest BCUT2D eigenvalue weighted by Gasteiger charge is -2.46. The minimum Gasteiger partial charge on any atom is -0.373 e. The van der Waals surface area contributed by atoms with Crippen LogP contribution in [-0.4, -0.2) is 23.1 Å². The van der Waals surface area contributed by atoms with Crippen LogP contribution in [0.1, 0.15) is 17.5 Å². The number of nitrogens with one attached hydrogen (secondary N) is 2. The lowest BCUT2D eigenvalue weighted by Crippen LogP contribution is -2.64. The average molecular weight is 390 g/mol. The van der Waals surface area contributed by atoms with Crippen molar-refractivity contribution in [3.63, 3.8) is 0 Å². The summed E-state index contributed by atoms with van der Waals surface area (Å²) in [6.07, 6.45) is -13.5. The minimum atomic E-state index is -5.91. The van der Waals surface area contributed by atoms with E-state index < -0.39 is 30.0 Å². The number of anilines is 1. The molecule has 0 radical (unpaired) electrons. The van der Waals surface area contributed by atoms with Gasteiger partial charge in [0.05, 0.1) is 0 Å². The van der Waals surface area contributed by atoms with Gasteiger partial charge in [0.15, 0.2) is 0 Å². The molecule has 27 heavy (non-hydrogen) atoms. The van der Waals surface area contributed by atoms with E-state index in [1.54, 1.807) is 30.3 Å². The molecule has 0 bridgehead atoms. The maximum absolute atomic E-state index is 13.3. The molecule has 3 rings (SSSR count). The molecule has 0 spiro atoms. The van der Waals surface area contributed by atoms with Crippen LogP contribution in [0.15, 0.2) is 54.6 Å². The van der Waals surface area contributed by atoms with Crippen molar-refractivity contribution in [3.05, 3.63) is 65.7 Å². The number of halogens is 6. The monoisotopic (exact) mass is 390 g/mol. The fourth-order valence-corrected chi connectivity index (χ4v) is 3.17. The number of aliphatic hydroxyl groups is 1. The smallest absolute Gasteiger partial charge is 0.373 e. The molecular formula is C18H16F6N2O. The molecule has 1 heterocycles. The van der Waals surface area contributed by atoms with E-state index >= 15 is 0 Å². The molecule has 0 fully saturated rings. The Balaban J connectivity index is 2.13. The molecule has 9 heteroatoms. The molecule has 0 aliphatic carbocycles. The highest BCUT2D eigenvalue weighted by atomic mass is 19.4. The van der Waals surface area contributed by atoms with Crippen molar-refractivity contribution in [2.24, 2.45) is 0 Å². The van der Waals surface area contributed by atoms with E-state index in [9.17, 15) is 31.4 Å². The second-order valence-corrected chi connectivity index (χ2v) is 6.44. The number of para-hydroxylation sites is 1. The summed E-state index contributed by atoms with van der Waals surface area (Å²) in [7, 11) is 0. The van der Waals surface area contributed by atoms with Crippen LogP contribution in [0.5, 0.6) is 0 Å². The van der Waals surface area contributed by atoms with Crippen molar-refractivity contribution in [1.29, 1.82) is 0 Å². The van der Waals surface area contributed by atoms with E-state index in [0.29, 0.717) is 11.3 Å². The molecule has 0 saturated heterocycles. The Kier molecular flexibility index (Phi) is 4.63. The minimum absolute atomic E-state index is 0.0316. The Bertz CT molecular complexity index is 791. The Hall–Kier alpha value is -2.26. The van der Waals surface area contributed by atoms with Crippen molar-refractivity contribution in [1.82, 2.24) is 5.32 Å². The van der Waals surface area contributed by atoms with Gasteiger partial charge in [0.2, 0.25) is 0 Å². The highest BCUT2D eigenvalue weighted by Crippen LogP contribution is 2.50. The SMILES string of the molecule is OC(CC1(c2ccccc2)NCc2ccccc2N1)(C(F)(F)F)C(F)(F)F. The summed E-state index contributed by atoms with van der Waals surface area (Å²) in [5, 5.41) is 15.3. The van der Waals surface area contributed by atoms with E-state index in [0.717, 1.165) is 0 Å². The van der Waals surface area contributed by atoms with Crippen LogP contribution in [0, 0.1) is 0 Å². The first-order valence-corrected chi connectivity index (χ1v) is 8.01. The Morgan fingerprint density at radius 1 is 0.852 bits per heavy atom. The Labute approximate surface area is 151 Å². The molecule has 3 N–H and O–H groups in total. The fraction of sp³-hybridized carbons (Fsp3) is 0.333. The lowest BCUT2D eigenvalue weighted by molar-refractivity contribution is -0.373. The summed E-state index contributed by atoms with van der Waals surface area (Å²) in [6.45, 7) is 0.0316. The largest absolute Gasteiger partial charge is 0.426 e. The van der Waals surface area contributed by atoms with Crippen molar-refractivity contribution in [3.8, 4) is 0 Å². The molecule has 1 unspecified atom stereocenters. The quantitative estimate of drug-likeness (QED) is 0.685. The summed E-state index contributed by atoms with van der Waals surface area (Å²) in [5.74, 6) is 0. The molecule has 0 saturated carbocycles. The van der Waals surface area contributed by atoms with Gasteiger partial charge in [-0.2, -0.15) is 26.3 Å². The van der Waals surface area contributed by atoms with Crippen LogP contribution in [0.4, 0.5) is 32.0 Å². The van der Waals surface area contributed by atoms with Crippen molar-refractivity contribution in [2.75, 3.05) is 5.32 Å². The molecular weight excluding hydrogens is 374 g/mol. The number of rotatable bonds is 3. The zero-order valence-corrected chi connectivity index (χ0v) is 13.8. The van der Waals surface area contributed by atoms with E-state index in [-0.39, 0.29) is 12.1 Å². The maximum atomic E-state index is 13.3. The number of alkyl halides is 6. The first kappa shape index (κ1) is 19.5. The molecule has 1 aliphatic rings. The van der Waals surface area contributed by atoms with Crippen LogP contribution >= 0.6 is 0 Å². The van der Waals surface area contributed by atoms with Gasteiger partial charge in [0.1, 0.15) is 5.66 Å². The predicted molar refractivity (Wildman–Crippen MR) is 86.7 cm³/mol. The van der Waals surface area contributed by atoms with E-state index in [4.69, 9.17) is 0 Å². The van der Waals surface area contributed by atoms with Gasteiger partial charge in [-0.25, -0.2) is 0 Å². The van der Waals surface area contributed by atoms with Gasteiger partial charge >= 0.3 is 12.4 Å². The lowest BCUT2D eigenvalue weighted by atomic mass is 9.82. The Morgan fingerprint density at radius 3 is 2.00 bits per heavy atom. The van der Waals surface area contributed by atoms with Crippen LogP contribution in [0.2, 0.25) is 0 Å². The van der Waals surface area contributed by atoms with Crippen LogP contribution in [0.3, 0.4) is 0 Å². The first-order chi connectivity index (χ1) is 12.5. The summed E-state index contributed by atoms with van der Waals surface area (Å²) < 4.78 is 79.9. The number of hydrogen-bond donors (Lipinski definition) is 3. The third kappa shape index (κ3) is 3.37. The van der Waals surface area contributed by atoms with Gasteiger partial charge in [-0.05, 0) is 17.2 Å². The van der Waals surface area contributed by atoms with Gasteiger partial charge in [0, 0.05) is 18.7 Å². The average Bonchev–Trinajstić information content (AvgIpc) is 2.60. The Morgan fingerprint density at radius 2 is 1.41 bits per heavy atom. The van der Waals surface area contributed by atoms with Crippen LogP contribution in [0.25, 0.3) is 0 Å². The van der Waals surface area contributed by atoms with Crippen molar-refractivity contribution in [2.45, 2.75) is 36.6 Å². The van der Waals surface area contributed by atoms with Crippen LogP contribution < -0.4 is 10.6 Å². The van der Waals surface area contributed by atoms with Gasteiger partial charge in [0.25, 0.3) is 5.60 Å². The summed E-state index contributed by atoms with van der Waals surface area (Å²) in [5.41, 5.74) is -5.65. The standard InChI is InChI=1S/C18H16F6N2O/c19-17(20,21)16(27,18(22,23)24)11-15(13-7-2-1-3-8-13)25-10-12-6-4-5-9-14(12)26-15/h1-9,25-27H,10-11H2. The molecule has 3 nitrogen and oxygen atoms in total. The molecule has 1 atom stereocenters. The van der Waals surface area contributed by atoms with Crippen molar-refractivity contribution >= 4 is 5.69 Å². The normalized spacial score (nSPS) is 20.7. The molecule has 1 aliphatic heterocycles. The number of benzene rings is 2. The third-order valence-electron chi connectivity index (χ3n) is 4.67. The van der Waals surface area contributed by atoms with E-state index in [1.165, 1.54) is 24.3 Å². The summed E-state index contributed by atoms with van der Waals surface area (Å²) in [6, 6.07) is 14.0. The second kappa shape index (κ2) is 6.42. The maximum Gasteiger partial charge on any atom is 0.426 e. The number of fused-ring (bicyclic) bond motifs is 1. The van der Waals surface area contributed by atoms with Gasteiger partial charge in [-0.3, -0.25) is 5.32 Å². The molecule has 2 aromatic rings. The molecule has 2 aromatic carbocycles. The van der Waals surface area contributed by atoms with Crippen LogP contribution in [-0.2, 0) is 12.2 Å². The van der Waals surface area contributed by atoms with Gasteiger partial charge < -0.3 is 10.4 Å². The summed E-state index contributed by atoms with van der Waals surface area (Å²) >= 11 is 0. The molecule has 146 valence electrons. The zero-order valence-electron chi connectivity index (χ0n) is 13.8. The summed E-state index contributed by atoms with van der Waals surface area (Å²) in [4.78, 5) is 0. The van der Waals surface area contributed by atoms with E-state index in [2.05, 4.69) is 10.6 Å². The van der Waals surface area contributed by atoms with Crippen molar-refractivity contribution < 1.29 is 31.4 Å². The first-order valence-electron chi connectivity index (χ1n) is 8.01. The van der Waals surface area contributed by atoms with Gasteiger partial charge in [-0.1, -0.05) is 48.5 Å². The fourth-order valence-electron chi connectivity index (χ4n) is 3.17. The molecule has 0 amide bonds. The third-order valence-corrected chi connectivity index (χ3v) is 4.67.